The van der Waals surface area contributed by atoms with Crippen LogP contribution in [0.25, 0.3) is 33.1 Å². The number of ether oxygens (including phenoxy) is 1. The van der Waals surface area contributed by atoms with E-state index < -0.39 is 29.7 Å². The van der Waals surface area contributed by atoms with Crippen LogP contribution >= 0.6 is 0 Å². The Morgan fingerprint density at radius 1 is 1.03 bits per heavy atom. The van der Waals surface area contributed by atoms with Crippen LogP contribution < -0.4 is 15.6 Å². The molecule has 2 aromatic carbocycles. The van der Waals surface area contributed by atoms with Crippen molar-refractivity contribution < 1.29 is 61.4 Å². The summed E-state index contributed by atoms with van der Waals surface area (Å²) in [5.41, 5.74) is 5.02. The third-order valence-corrected chi connectivity index (χ3v) is 10.2. The summed E-state index contributed by atoms with van der Waals surface area (Å²) in [5.74, 6) is -2.20. The minimum absolute atomic E-state index is 0. The smallest absolute Gasteiger partial charge is 0.486 e. The number of nitrogens with zero attached hydrogens (tertiary/aromatic N) is 8. The number of carbonyl (C=O) groups is 5. The quantitative estimate of drug-likeness (QED) is 0.104. The maximum Gasteiger partial charge on any atom is 3.00 e. The number of fused-ring (bicyclic) bond motifs is 3. The maximum absolute atomic E-state index is 13.1. The molecule has 8 rings (SSSR count). The third-order valence-electron chi connectivity index (χ3n) is 10.2. The predicted octanol–water partition coefficient (Wildman–Crippen LogP) is 3.66. The van der Waals surface area contributed by atoms with Crippen LogP contribution in [0.5, 0.6) is 5.75 Å². The number of imide groups is 2. The Hall–Kier alpha value is -6.07. The number of amides is 5. The van der Waals surface area contributed by atoms with Gasteiger partial charge in [0.25, 0.3) is 17.4 Å². The molecule has 0 radical (unpaired) electrons. The van der Waals surface area contributed by atoms with E-state index in [-0.39, 0.29) is 80.5 Å². The molecule has 18 heteroatoms. The minimum Gasteiger partial charge on any atom is -0.486 e. The van der Waals surface area contributed by atoms with Gasteiger partial charge in [0.05, 0.1) is 28.5 Å². The van der Waals surface area contributed by atoms with Gasteiger partial charge in [0.2, 0.25) is 17.7 Å². The first-order chi connectivity index (χ1) is 28.5. The number of benzene rings is 2. The largest absolute Gasteiger partial charge is 3.00 e. The number of aromatic nitrogens is 7. The Morgan fingerprint density at radius 2 is 1.82 bits per heavy atom. The van der Waals surface area contributed by atoms with Gasteiger partial charge in [0.1, 0.15) is 29.6 Å². The molecule has 17 nitrogen and oxygen atoms in total. The summed E-state index contributed by atoms with van der Waals surface area (Å²) in [6, 6.07) is 9.23. The Labute approximate surface area is 369 Å². The SMILES string of the molecule is C=CCCn1cc(-c2cc(C(=O)N(C[CH2-])C[CH2-])cc3c2ncn3C)c2cc[nH]c2c1=O.[CH2-]Cn1cc(COc2cccc3c2C(=O)N(C2CCC(=O)NC2=O)C3=O)nn1.[Y+3]. The fourth-order valence-electron chi connectivity index (χ4n) is 7.14. The zero-order valence-electron chi connectivity index (χ0n) is 32.9. The Kier molecular flexibility index (Phi) is 13.4. The predicted molar refractivity (Wildman–Crippen MR) is 217 cm³/mol. The van der Waals surface area contributed by atoms with Crippen LogP contribution in [0.15, 0.2) is 78.8 Å². The molecule has 0 saturated carbocycles. The Bertz CT molecular complexity index is 2710. The maximum atomic E-state index is 13.1. The number of pyridine rings is 1. The topological polar surface area (TPSA) is 199 Å². The fourth-order valence-corrected chi connectivity index (χ4v) is 7.14. The second-order valence-electron chi connectivity index (χ2n) is 13.8. The number of carbonyl (C=O) groups excluding carboxylic acids is 5. The summed E-state index contributed by atoms with van der Waals surface area (Å²) in [6.45, 7) is 16.8. The van der Waals surface area contributed by atoms with E-state index in [0.29, 0.717) is 49.4 Å². The molecule has 4 aromatic heterocycles. The van der Waals surface area contributed by atoms with Crippen molar-refractivity contribution in [3.8, 4) is 16.9 Å². The first-order valence-electron chi connectivity index (χ1n) is 18.8. The zero-order chi connectivity index (χ0) is 42.0. The van der Waals surface area contributed by atoms with Gasteiger partial charge in [0.15, 0.2) is 0 Å². The van der Waals surface area contributed by atoms with E-state index in [9.17, 15) is 28.8 Å². The van der Waals surface area contributed by atoms with Crippen LogP contribution in [-0.4, -0.2) is 92.6 Å². The zero-order valence-corrected chi connectivity index (χ0v) is 35.8. The van der Waals surface area contributed by atoms with Crippen molar-refractivity contribution in [2.24, 2.45) is 7.05 Å². The summed E-state index contributed by atoms with van der Waals surface area (Å²) in [7, 11) is 1.89. The molecule has 1 saturated heterocycles. The van der Waals surface area contributed by atoms with Gasteiger partial charge in [-0.15, -0.1) is 24.8 Å². The summed E-state index contributed by atoms with van der Waals surface area (Å²) in [5, 5.41) is 10.8. The molecule has 0 bridgehead atoms. The first kappa shape index (κ1) is 43.5. The van der Waals surface area contributed by atoms with Crippen LogP contribution in [0.2, 0.25) is 0 Å². The number of hydrogen-bond donors (Lipinski definition) is 2. The number of imidazole rings is 1. The molecule has 2 aliphatic heterocycles. The summed E-state index contributed by atoms with van der Waals surface area (Å²) in [4.78, 5) is 85.3. The number of aryl methyl sites for hydroxylation is 2. The normalized spacial score (nSPS) is 14.7. The van der Waals surface area contributed by atoms with E-state index in [2.05, 4.69) is 52.9 Å². The molecule has 6 heterocycles. The molecule has 60 heavy (non-hydrogen) atoms. The van der Waals surface area contributed by atoms with Crippen LogP contribution in [0.4, 0.5) is 0 Å². The van der Waals surface area contributed by atoms with Crippen LogP contribution in [0.3, 0.4) is 0 Å². The van der Waals surface area contributed by atoms with Gasteiger partial charge in [-0.05, 0) is 43.2 Å². The molecular weight excluding hydrogens is 845 g/mol. The Morgan fingerprint density at radius 3 is 2.52 bits per heavy atom. The van der Waals surface area contributed by atoms with Gasteiger partial charge < -0.3 is 44.5 Å². The molecule has 1 atom stereocenters. The van der Waals surface area contributed by atoms with Crippen LogP contribution in [0, 0.1) is 20.8 Å². The number of allylic oxidation sites excluding steroid dienone is 1. The summed E-state index contributed by atoms with van der Waals surface area (Å²) in [6.07, 6.45) is 9.61. The monoisotopic (exact) mass is 886 g/mol. The number of H-pyrrole nitrogens is 1. The van der Waals surface area contributed by atoms with Crippen molar-refractivity contribution >= 4 is 51.5 Å². The van der Waals surface area contributed by atoms with E-state index >= 15 is 0 Å². The van der Waals surface area contributed by atoms with Crippen LogP contribution in [-0.2, 0) is 69.0 Å². The van der Waals surface area contributed by atoms with E-state index in [1.165, 1.54) is 10.7 Å². The van der Waals surface area contributed by atoms with E-state index in [0.717, 1.165) is 32.4 Å². The average Bonchev–Trinajstić information content (AvgIpc) is 4.05. The molecule has 0 spiro atoms. The van der Waals surface area contributed by atoms with Gasteiger partial charge in [-0.3, -0.25) is 43.7 Å². The van der Waals surface area contributed by atoms with E-state index in [1.54, 1.807) is 46.4 Å². The van der Waals surface area contributed by atoms with Crippen molar-refractivity contribution in [1.82, 2.24) is 49.2 Å². The number of nitrogens with one attached hydrogen (secondary N) is 2. The second-order valence-corrected chi connectivity index (χ2v) is 13.8. The van der Waals surface area contributed by atoms with Crippen molar-refractivity contribution in [1.29, 1.82) is 0 Å². The van der Waals surface area contributed by atoms with Gasteiger partial charge in [0, 0.05) is 60.7 Å². The molecule has 1 fully saturated rings. The van der Waals surface area contributed by atoms with Crippen molar-refractivity contribution in [2.75, 3.05) is 13.1 Å². The standard InChI is InChI=1S/C24H25N5O2.C18H16N5O5.Y/c1-5-8-11-29-14-19(17-9-10-25-22(17)24(29)31)18-12-16(23(30)28(6-2)7-3)13-20-21(18)26-15-27(20)4;1-2-22-8-10(20-21-22)9-28-13-5-3-4-11-15(13)18(27)23(17(11)26)12-6-7-14(24)19-16(12)25;/h5,9-10,12-15,25H,1-3,6-8,11H2,4H3;3-5,8,12H,1-2,6-7,9H2,(H,19,24,25);/q-2;-1;+3. The molecule has 6 aromatic rings. The third kappa shape index (κ3) is 8.23. The fraction of sp³-hybridized carbons (Fsp3) is 0.238. The van der Waals surface area contributed by atoms with E-state index in [4.69, 9.17) is 4.74 Å². The van der Waals surface area contributed by atoms with Gasteiger partial charge in [-0.25, -0.2) is 4.98 Å². The van der Waals surface area contributed by atoms with Crippen LogP contribution in [0.1, 0.15) is 56.0 Å². The molecule has 5 amide bonds. The number of rotatable bonds is 12. The van der Waals surface area contributed by atoms with Crippen molar-refractivity contribution in [2.45, 2.75) is 45.0 Å². The number of piperidine rings is 1. The molecule has 2 aliphatic rings. The Balaban J connectivity index is 0.000000199. The molecule has 1 unspecified atom stereocenters. The second kappa shape index (κ2) is 18.5. The van der Waals surface area contributed by atoms with Crippen molar-refractivity contribution in [3.05, 3.63) is 127 Å². The van der Waals surface area contributed by atoms with Gasteiger partial charge >= 0.3 is 32.7 Å². The summed E-state index contributed by atoms with van der Waals surface area (Å²) < 4.78 is 10.8. The number of aromatic amines is 1. The first-order valence-corrected chi connectivity index (χ1v) is 18.8. The van der Waals surface area contributed by atoms with Gasteiger partial charge in [-0.1, -0.05) is 23.9 Å². The van der Waals surface area contributed by atoms with Gasteiger partial charge in [-0.2, -0.15) is 0 Å². The van der Waals surface area contributed by atoms with Crippen molar-refractivity contribution in [3.63, 3.8) is 0 Å². The molecule has 2 N–H and O–H groups in total. The average molecular weight is 887 g/mol. The van der Waals surface area contributed by atoms with E-state index in [1.807, 2.05) is 36.0 Å². The minimum atomic E-state index is -1.02. The molecule has 0 aliphatic carbocycles. The molecular formula is C42H41N10O7Y. The molecule has 304 valence electrons. The summed E-state index contributed by atoms with van der Waals surface area (Å²) >= 11 is 0. The number of hydrogen-bond acceptors (Lipinski definition) is 10.